The fraction of sp³-hybridized carbons (Fsp3) is 0.864. The number of hydrogen-bond acceptors (Lipinski definition) is 5. The first-order valence-electron chi connectivity index (χ1n) is 10.9. The minimum atomic E-state index is -2.97. The van der Waals surface area contributed by atoms with Gasteiger partial charge in [0.15, 0.2) is 6.10 Å². The third-order valence-electron chi connectivity index (χ3n) is 4.72. The molecule has 0 aliphatic carbocycles. The van der Waals surface area contributed by atoms with Crippen molar-refractivity contribution in [3.05, 3.63) is 12.2 Å². The van der Waals surface area contributed by atoms with Gasteiger partial charge in [0.1, 0.15) is 0 Å². The van der Waals surface area contributed by atoms with Crippen LogP contribution in [0.1, 0.15) is 110 Å². The van der Waals surface area contributed by atoms with Crippen LogP contribution >= 0.6 is 0 Å². The Kier molecular flexibility index (Phi) is 16.6. The zero-order valence-electron chi connectivity index (χ0n) is 17.5. The molecule has 1 unspecified atom stereocenters. The van der Waals surface area contributed by atoms with Crippen molar-refractivity contribution in [1.29, 1.82) is 0 Å². The lowest BCUT2D eigenvalue weighted by Crippen LogP contribution is -2.44. The summed E-state index contributed by atoms with van der Waals surface area (Å²) in [5, 5.41) is 27.2. The molecule has 3 N–H and O–H groups in total. The Morgan fingerprint density at radius 1 is 0.815 bits per heavy atom. The SMILES string of the molecule is CCCCCCCCC=CCCCCCCCC(=O)OC(CC)C(O)(O)O. The number of allylic oxidation sites excluding steroid dienone is 2. The summed E-state index contributed by atoms with van der Waals surface area (Å²) in [7, 11) is 0. The van der Waals surface area contributed by atoms with Gasteiger partial charge in [-0.3, -0.25) is 4.79 Å². The van der Waals surface area contributed by atoms with Gasteiger partial charge in [-0.1, -0.05) is 77.4 Å². The Bertz CT molecular complexity index is 373. The standard InChI is InChI=1S/C22H42O5/c1-3-5-6-7-8-9-10-11-12-13-14-15-16-17-18-19-21(23)27-20(4-2)22(24,25)26/h11-12,20,24-26H,3-10,13-19H2,1-2H3. The van der Waals surface area contributed by atoms with Crippen LogP contribution in [0.3, 0.4) is 0 Å². The van der Waals surface area contributed by atoms with Crippen LogP contribution in [-0.2, 0) is 9.53 Å². The fourth-order valence-corrected chi connectivity index (χ4v) is 2.99. The number of rotatable bonds is 18. The largest absolute Gasteiger partial charge is 0.454 e. The molecule has 0 rings (SSSR count). The van der Waals surface area contributed by atoms with Gasteiger partial charge in [-0.05, 0) is 38.5 Å². The molecule has 0 saturated carbocycles. The molecule has 0 aliphatic heterocycles. The Labute approximate surface area is 165 Å². The quantitative estimate of drug-likeness (QED) is 0.134. The normalized spacial score (nSPS) is 13.2. The highest BCUT2D eigenvalue weighted by Gasteiger charge is 2.33. The Morgan fingerprint density at radius 3 is 1.78 bits per heavy atom. The molecule has 0 saturated heterocycles. The Hall–Kier alpha value is -0.910. The number of hydrogen-bond donors (Lipinski definition) is 3. The molecular weight excluding hydrogens is 344 g/mol. The van der Waals surface area contributed by atoms with Crippen LogP contribution in [0.4, 0.5) is 0 Å². The van der Waals surface area contributed by atoms with Gasteiger partial charge in [0.05, 0.1) is 0 Å². The fourth-order valence-electron chi connectivity index (χ4n) is 2.99. The van der Waals surface area contributed by atoms with Gasteiger partial charge >= 0.3 is 11.9 Å². The van der Waals surface area contributed by atoms with Crippen molar-refractivity contribution in [2.75, 3.05) is 0 Å². The van der Waals surface area contributed by atoms with Gasteiger partial charge < -0.3 is 20.1 Å². The van der Waals surface area contributed by atoms with Gasteiger partial charge in [0.25, 0.3) is 0 Å². The van der Waals surface area contributed by atoms with E-state index >= 15 is 0 Å². The third kappa shape index (κ3) is 17.0. The van der Waals surface area contributed by atoms with Gasteiger partial charge in [-0.15, -0.1) is 0 Å². The maximum Gasteiger partial charge on any atom is 0.314 e. The van der Waals surface area contributed by atoms with E-state index in [0.717, 1.165) is 32.1 Å². The van der Waals surface area contributed by atoms with Crippen LogP contribution in [0, 0.1) is 0 Å². The molecule has 0 fully saturated rings. The average molecular weight is 387 g/mol. The number of carbonyl (C=O) groups is 1. The molecule has 0 aliphatic rings. The summed E-state index contributed by atoms with van der Waals surface area (Å²) in [5.74, 6) is -3.46. The van der Waals surface area contributed by atoms with E-state index < -0.39 is 18.0 Å². The van der Waals surface area contributed by atoms with Crippen molar-refractivity contribution in [3.63, 3.8) is 0 Å². The number of aliphatic hydroxyl groups is 3. The van der Waals surface area contributed by atoms with Crippen molar-refractivity contribution >= 4 is 5.97 Å². The maximum absolute atomic E-state index is 11.6. The van der Waals surface area contributed by atoms with Crippen molar-refractivity contribution in [2.24, 2.45) is 0 Å². The second kappa shape index (κ2) is 17.2. The lowest BCUT2D eigenvalue weighted by molar-refractivity contribution is -0.356. The predicted molar refractivity (Wildman–Crippen MR) is 109 cm³/mol. The smallest absolute Gasteiger partial charge is 0.314 e. The number of esters is 1. The highest BCUT2D eigenvalue weighted by atomic mass is 16.7. The van der Waals surface area contributed by atoms with Gasteiger partial charge in [0.2, 0.25) is 0 Å². The third-order valence-corrected chi connectivity index (χ3v) is 4.72. The zero-order chi connectivity index (χ0) is 20.4. The molecule has 0 aromatic rings. The van der Waals surface area contributed by atoms with Crippen molar-refractivity contribution in [2.45, 2.75) is 122 Å². The summed E-state index contributed by atoms with van der Waals surface area (Å²) < 4.78 is 4.89. The molecular formula is C22H42O5. The monoisotopic (exact) mass is 386 g/mol. The molecule has 0 bridgehead atoms. The van der Waals surface area contributed by atoms with Crippen molar-refractivity contribution < 1.29 is 24.9 Å². The lowest BCUT2D eigenvalue weighted by Gasteiger charge is -2.24. The lowest BCUT2D eigenvalue weighted by atomic mass is 10.1. The first-order chi connectivity index (χ1) is 12.9. The summed E-state index contributed by atoms with van der Waals surface area (Å²) in [6.07, 6.45) is 19.2. The Balaban J connectivity index is 3.44. The van der Waals surface area contributed by atoms with Gasteiger partial charge in [-0.25, -0.2) is 0 Å². The van der Waals surface area contributed by atoms with Crippen molar-refractivity contribution in [1.82, 2.24) is 0 Å². The van der Waals surface area contributed by atoms with E-state index in [9.17, 15) is 4.79 Å². The first-order valence-corrected chi connectivity index (χ1v) is 10.9. The number of unbranched alkanes of at least 4 members (excludes halogenated alkanes) is 11. The topological polar surface area (TPSA) is 87.0 Å². The zero-order valence-corrected chi connectivity index (χ0v) is 17.5. The second-order valence-corrected chi connectivity index (χ2v) is 7.41. The molecule has 5 nitrogen and oxygen atoms in total. The maximum atomic E-state index is 11.6. The molecule has 0 aromatic carbocycles. The van der Waals surface area contributed by atoms with Gasteiger partial charge in [0, 0.05) is 6.42 Å². The summed E-state index contributed by atoms with van der Waals surface area (Å²) in [6.45, 7) is 3.85. The van der Waals surface area contributed by atoms with Crippen LogP contribution in [0.25, 0.3) is 0 Å². The highest BCUT2D eigenvalue weighted by Crippen LogP contribution is 2.14. The summed E-state index contributed by atoms with van der Waals surface area (Å²) >= 11 is 0. The summed E-state index contributed by atoms with van der Waals surface area (Å²) in [4.78, 5) is 11.6. The molecule has 27 heavy (non-hydrogen) atoms. The molecule has 0 heterocycles. The first kappa shape index (κ1) is 26.1. The molecule has 0 aromatic heterocycles. The van der Waals surface area contributed by atoms with E-state index in [1.165, 1.54) is 51.4 Å². The molecule has 0 spiro atoms. The number of carbonyl (C=O) groups excluding carboxylic acids is 1. The van der Waals surface area contributed by atoms with Crippen LogP contribution in [0.2, 0.25) is 0 Å². The van der Waals surface area contributed by atoms with Crippen LogP contribution < -0.4 is 0 Å². The summed E-state index contributed by atoms with van der Waals surface area (Å²) in [5.41, 5.74) is 0. The highest BCUT2D eigenvalue weighted by molar-refractivity contribution is 5.69. The van der Waals surface area contributed by atoms with Gasteiger partial charge in [-0.2, -0.15) is 0 Å². The number of ether oxygens (including phenoxy) is 1. The molecule has 0 amide bonds. The van der Waals surface area contributed by atoms with Crippen LogP contribution in [0.15, 0.2) is 12.2 Å². The molecule has 1 atom stereocenters. The van der Waals surface area contributed by atoms with E-state index in [1.807, 2.05) is 0 Å². The molecule has 0 radical (unpaired) electrons. The minimum absolute atomic E-state index is 0.140. The van der Waals surface area contributed by atoms with E-state index in [1.54, 1.807) is 6.92 Å². The van der Waals surface area contributed by atoms with E-state index in [-0.39, 0.29) is 12.8 Å². The second-order valence-electron chi connectivity index (χ2n) is 7.41. The van der Waals surface area contributed by atoms with E-state index in [0.29, 0.717) is 0 Å². The van der Waals surface area contributed by atoms with Crippen LogP contribution in [-0.4, -0.2) is 33.4 Å². The van der Waals surface area contributed by atoms with E-state index in [2.05, 4.69) is 19.1 Å². The molecule has 160 valence electrons. The summed E-state index contributed by atoms with van der Waals surface area (Å²) in [6, 6.07) is 0. The van der Waals surface area contributed by atoms with Crippen molar-refractivity contribution in [3.8, 4) is 0 Å². The van der Waals surface area contributed by atoms with Crippen LogP contribution in [0.5, 0.6) is 0 Å². The van der Waals surface area contributed by atoms with E-state index in [4.69, 9.17) is 20.1 Å². The molecule has 5 heteroatoms. The minimum Gasteiger partial charge on any atom is -0.454 e. The average Bonchev–Trinajstić information content (AvgIpc) is 2.62. The Morgan fingerprint density at radius 2 is 1.30 bits per heavy atom. The predicted octanol–water partition coefficient (Wildman–Crippen LogP) is 4.98.